The van der Waals surface area contributed by atoms with Gasteiger partial charge in [0.05, 0.1) is 32.3 Å². The van der Waals surface area contributed by atoms with Gasteiger partial charge in [0.1, 0.15) is 13.1 Å². The van der Waals surface area contributed by atoms with Gasteiger partial charge < -0.3 is 40.4 Å². The molecule has 0 aromatic carbocycles. The maximum Gasteiger partial charge on any atom is 0.506 e. The van der Waals surface area contributed by atoms with Gasteiger partial charge in [0.2, 0.25) is 0 Å². The van der Waals surface area contributed by atoms with E-state index in [1.54, 1.807) is 0 Å². The maximum atomic E-state index is 9.32. The Morgan fingerprint density at radius 3 is 1.45 bits per heavy atom. The molecule has 0 unspecified atom stereocenters. The molecule has 0 aromatic heterocycles. The van der Waals surface area contributed by atoms with Gasteiger partial charge in [-0.15, -0.1) is 0 Å². The molecule has 0 spiro atoms. The van der Waals surface area contributed by atoms with Gasteiger partial charge in [0, 0.05) is 19.8 Å². The number of halogens is 1. The van der Waals surface area contributed by atoms with Crippen LogP contribution in [0.5, 0.6) is 0 Å². The quantitative estimate of drug-likeness (QED) is 0.274. The number of likely N-dealkylation sites (N-methyl/N-ethyl adjacent to an activating group) is 1. The van der Waals surface area contributed by atoms with Crippen molar-refractivity contribution < 1.29 is 40.4 Å². The molecule has 0 radical (unpaired) electrons. The van der Waals surface area contributed by atoms with Crippen molar-refractivity contribution in [3.63, 3.8) is 0 Å². The summed E-state index contributed by atoms with van der Waals surface area (Å²) in [4.78, 5) is 0. The largest absolute Gasteiger partial charge is 1.00 e. The van der Waals surface area contributed by atoms with Crippen molar-refractivity contribution >= 4 is 8.80 Å². The van der Waals surface area contributed by atoms with Crippen LogP contribution < -0.4 is 12.4 Å². The first-order chi connectivity index (χ1) is 10.1. The first-order valence-electron chi connectivity index (χ1n) is 8.06. The molecule has 0 aromatic rings. The Morgan fingerprint density at radius 2 is 1.18 bits per heavy atom. The molecule has 0 saturated heterocycles. The molecule has 0 heterocycles. The Labute approximate surface area is 142 Å². The second-order valence-electron chi connectivity index (χ2n) is 5.01. The Kier molecular flexibility index (Phi) is 15.2. The number of nitrogens with zero attached hydrogens (tertiary/aromatic N) is 1. The highest BCUT2D eigenvalue weighted by molar-refractivity contribution is 6.60. The highest BCUT2D eigenvalue weighted by Crippen LogP contribution is 2.20. The van der Waals surface area contributed by atoms with E-state index in [1.165, 1.54) is 0 Å². The maximum absolute atomic E-state index is 9.32. The molecule has 0 bridgehead atoms. The molecule has 0 atom stereocenters. The first kappa shape index (κ1) is 24.5. The summed E-state index contributed by atoms with van der Waals surface area (Å²) in [6.07, 6.45) is 0. The Morgan fingerprint density at radius 1 is 0.773 bits per heavy atom. The van der Waals surface area contributed by atoms with Crippen molar-refractivity contribution in [3.05, 3.63) is 0 Å². The van der Waals surface area contributed by atoms with Gasteiger partial charge in [-0.2, -0.15) is 0 Å². The smallest absolute Gasteiger partial charge is 0.506 e. The minimum absolute atomic E-state index is 0. The molecule has 2 N–H and O–H groups in total. The van der Waals surface area contributed by atoms with Crippen LogP contribution >= 0.6 is 0 Å². The molecule has 8 heteroatoms. The topological polar surface area (TPSA) is 68.2 Å². The van der Waals surface area contributed by atoms with Gasteiger partial charge in [0.15, 0.2) is 0 Å². The zero-order valence-corrected chi connectivity index (χ0v) is 16.3. The number of hydrogen-bond donors (Lipinski definition) is 2. The van der Waals surface area contributed by atoms with Crippen LogP contribution in [0, 0.1) is 0 Å². The van der Waals surface area contributed by atoms with Gasteiger partial charge in [-0.3, -0.25) is 0 Å². The van der Waals surface area contributed by atoms with Gasteiger partial charge in [0.25, 0.3) is 0 Å². The Bertz CT molecular complexity index is 238. The summed E-state index contributed by atoms with van der Waals surface area (Å²) in [5.41, 5.74) is 0. The minimum atomic E-state index is -2.66. The highest BCUT2D eigenvalue weighted by Gasteiger charge is 2.43. The van der Waals surface area contributed by atoms with E-state index < -0.39 is 8.80 Å². The van der Waals surface area contributed by atoms with Crippen molar-refractivity contribution in [1.82, 2.24) is 0 Å². The molecule has 0 rings (SSSR count). The Balaban J connectivity index is 0. The van der Waals surface area contributed by atoms with Crippen LogP contribution in [-0.4, -0.2) is 82.7 Å². The first-order valence-corrected chi connectivity index (χ1v) is 9.99. The van der Waals surface area contributed by atoms with Gasteiger partial charge in [-0.05, 0) is 27.7 Å². The fourth-order valence-corrected chi connectivity index (χ4v) is 5.36. The van der Waals surface area contributed by atoms with Gasteiger partial charge in [-0.25, -0.2) is 0 Å². The monoisotopic (exact) mass is 359 g/mol. The molecule has 0 aliphatic heterocycles. The van der Waals surface area contributed by atoms with Crippen LogP contribution in [-0.2, 0) is 13.3 Å². The van der Waals surface area contributed by atoms with Crippen molar-refractivity contribution in [2.45, 2.75) is 33.7 Å². The predicted molar refractivity (Wildman–Crippen MR) is 85.0 cm³/mol. The van der Waals surface area contributed by atoms with Crippen molar-refractivity contribution in [2.75, 3.05) is 59.2 Å². The molecule has 0 saturated carbocycles. The Hall–Kier alpha value is 0.267. The SMILES string of the molecule is CCO[Si](CC[N+](CC)(CCO)CCO)(OCC)OCC.[Cl-]. The lowest BCUT2D eigenvalue weighted by atomic mass is 10.3. The number of aliphatic hydroxyl groups is 2. The third-order valence-electron chi connectivity index (χ3n) is 3.80. The third kappa shape index (κ3) is 8.21. The van der Waals surface area contributed by atoms with Gasteiger partial charge >= 0.3 is 8.80 Å². The summed E-state index contributed by atoms with van der Waals surface area (Å²) >= 11 is 0. The summed E-state index contributed by atoms with van der Waals surface area (Å²) in [5, 5.41) is 18.6. The zero-order valence-electron chi connectivity index (χ0n) is 14.5. The summed E-state index contributed by atoms with van der Waals surface area (Å²) in [7, 11) is -2.66. The molecule has 22 heavy (non-hydrogen) atoms. The lowest BCUT2D eigenvalue weighted by Gasteiger charge is -2.39. The summed E-state index contributed by atoms with van der Waals surface area (Å²) in [6, 6.07) is 0.705. The third-order valence-corrected chi connectivity index (χ3v) is 6.83. The molecule has 6 nitrogen and oxygen atoms in total. The van der Waals surface area contributed by atoms with Crippen LogP contribution in [0.2, 0.25) is 6.04 Å². The van der Waals surface area contributed by atoms with E-state index >= 15 is 0 Å². The van der Waals surface area contributed by atoms with Crippen LogP contribution in [0.25, 0.3) is 0 Å². The van der Waals surface area contributed by atoms with E-state index in [0.29, 0.717) is 43.4 Å². The van der Waals surface area contributed by atoms with Crippen LogP contribution in [0.1, 0.15) is 27.7 Å². The van der Waals surface area contributed by atoms with Crippen molar-refractivity contribution in [2.24, 2.45) is 0 Å². The molecular weight excluding hydrogens is 326 g/mol. The normalized spacial score (nSPS) is 12.3. The predicted octanol–water partition coefficient (Wildman–Crippen LogP) is -2.14. The fourth-order valence-electron chi connectivity index (χ4n) is 2.61. The van der Waals surface area contributed by atoms with E-state index in [2.05, 4.69) is 6.92 Å². The summed E-state index contributed by atoms with van der Waals surface area (Å²) in [6.45, 7) is 12.7. The second-order valence-corrected chi connectivity index (χ2v) is 7.74. The second kappa shape index (κ2) is 13.7. The average Bonchev–Trinajstić information content (AvgIpc) is 2.46. The fraction of sp³-hybridized carbons (Fsp3) is 1.00. The molecule has 136 valence electrons. The molecule has 0 aliphatic rings. The van der Waals surface area contributed by atoms with E-state index in [-0.39, 0.29) is 25.6 Å². The van der Waals surface area contributed by atoms with Crippen LogP contribution in [0.3, 0.4) is 0 Å². The highest BCUT2D eigenvalue weighted by atomic mass is 35.5. The molecule has 0 amide bonds. The van der Waals surface area contributed by atoms with E-state index in [9.17, 15) is 10.2 Å². The average molecular weight is 360 g/mol. The lowest BCUT2D eigenvalue weighted by Crippen LogP contribution is -3.00. The number of rotatable bonds is 14. The van der Waals surface area contributed by atoms with Crippen LogP contribution in [0.15, 0.2) is 0 Å². The summed E-state index contributed by atoms with van der Waals surface area (Å²) in [5.74, 6) is 0. The summed E-state index contributed by atoms with van der Waals surface area (Å²) < 4.78 is 18.3. The number of hydrogen-bond acceptors (Lipinski definition) is 5. The standard InChI is InChI=1S/C14H34NO5Si.ClH/c1-5-15(9-12-16,10-13-17)11-14-21(18-6-2,19-7-3)20-8-4;/h16-17H,5-14H2,1-4H3;1H/q+1;/p-1. The van der Waals surface area contributed by atoms with Crippen molar-refractivity contribution in [1.29, 1.82) is 0 Å². The molecule has 0 aliphatic carbocycles. The molecule has 0 fully saturated rings. The number of aliphatic hydroxyl groups excluding tert-OH is 2. The molecular formula is C14H34ClNO5Si. The van der Waals surface area contributed by atoms with Gasteiger partial charge in [-0.1, -0.05) is 0 Å². The lowest BCUT2D eigenvalue weighted by molar-refractivity contribution is -0.925. The minimum Gasteiger partial charge on any atom is -1.00 e. The zero-order chi connectivity index (χ0) is 16.2. The van der Waals surface area contributed by atoms with E-state index in [0.717, 1.165) is 13.1 Å². The number of quaternary nitrogens is 1. The van der Waals surface area contributed by atoms with Crippen LogP contribution in [0.4, 0.5) is 0 Å². The van der Waals surface area contributed by atoms with E-state index in [4.69, 9.17) is 13.3 Å². The van der Waals surface area contributed by atoms with E-state index in [1.807, 2.05) is 20.8 Å². The van der Waals surface area contributed by atoms with Crippen molar-refractivity contribution in [3.8, 4) is 0 Å².